The Morgan fingerprint density at radius 2 is 2.04 bits per heavy atom. The summed E-state index contributed by atoms with van der Waals surface area (Å²) in [4.78, 5) is 8.72. The third-order valence-electron chi connectivity index (χ3n) is 3.61. The summed E-state index contributed by atoms with van der Waals surface area (Å²) in [5.41, 5.74) is 1.09. The van der Waals surface area contributed by atoms with Crippen LogP contribution in [0.15, 0.2) is 42.7 Å². The summed E-state index contributed by atoms with van der Waals surface area (Å²) in [6, 6.07) is 8.13. The number of anilines is 2. The van der Waals surface area contributed by atoms with E-state index in [-0.39, 0.29) is 5.82 Å². The average Bonchev–Trinajstić information content (AvgIpc) is 3.28. The number of nitrogens with one attached hydrogen (secondary N) is 1. The number of hydrogen-bond donors (Lipinski definition) is 1. The highest BCUT2D eigenvalue weighted by atomic mass is 35.5. The second-order valence-corrected chi connectivity index (χ2v) is 5.85. The maximum Gasteiger partial charge on any atom is 0.148 e. The molecule has 0 radical (unpaired) electrons. The highest BCUT2D eigenvalue weighted by Gasteiger charge is 2.27. The Labute approximate surface area is 137 Å². The molecule has 3 aromatic rings. The van der Waals surface area contributed by atoms with Crippen LogP contribution >= 0.6 is 11.6 Å². The first-order valence-electron chi connectivity index (χ1n) is 7.30. The van der Waals surface area contributed by atoms with Crippen LogP contribution in [0.5, 0.6) is 0 Å². The van der Waals surface area contributed by atoms with Gasteiger partial charge in [0.15, 0.2) is 0 Å². The average molecular weight is 330 g/mol. The number of para-hydroxylation sites is 1. The van der Waals surface area contributed by atoms with E-state index in [0.717, 1.165) is 18.7 Å². The van der Waals surface area contributed by atoms with E-state index >= 15 is 0 Å². The molecule has 23 heavy (non-hydrogen) atoms. The molecule has 0 bridgehead atoms. The lowest BCUT2D eigenvalue weighted by Gasteiger charge is -2.05. The number of halogens is 2. The molecule has 1 aliphatic rings. The molecule has 4 rings (SSSR count). The Kier molecular flexibility index (Phi) is 3.46. The Morgan fingerprint density at radius 3 is 2.83 bits per heavy atom. The highest BCUT2D eigenvalue weighted by Crippen LogP contribution is 2.39. The van der Waals surface area contributed by atoms with Gasteiger partial charge in [0.25, 0.3) is 0 Å². The first-order chi connectivity index (χ1) is 11.2. The van der Waals surface area contributed by atoms with E-state index < -0.39 is 0 Å². The lowest BCUT2D eigenvalue weighted by molar-refractivity contribution is 0.611. The predicted molar refractivity (Wildman–Crippen MR) is 85.8 cm³/mol. The van der Waals surface area contributed by atoms with Crippen LogP contribution in [-0.2, 0) is 0 Å². The highest BCUT2D eigenvalue weighted by molar-refractivity contribution is 6.29. The van der Waals surface area contributed by atoms with Crippen LogP contribution in [0.3, 0.4) is 0 Å². The minimum absolute atomic E-state index is 0.330. The second-order valence-electron chi connectivity index (χ2n) is 5.46. The zero-order valence-corrected chi connectivity index (χ0v) is 12.8. The molecule has 0 aliphatic heterocycles. The fourth-order valence-electron chi connectivity index (χ4n) is 2.33. The Morgan fingerprint density at radius 1 is 1.22 bits per heavy atom. The largest absolute Gasteiger partial charge is 0.338 e. The molecule has 0 saturated heterocycles. The predicted octanol–water partition coefficient (Wildman–Crippen LogP) is 4.08. The van der Waals surface area contributed by atoms with Gasteiger partial charge in [0.05, 0.1) is 18.1 Å². The van der Waals surface area contributed by atoms with Crippen LogP contribution in [0.1, 0.15) is 24.6 Å². The molecule has 0 unspecified atom stereocenters. The molecule has 1 N–H and O–H groups in total. The van der Waals surface area contributed by atoms with Crippen molar-refractivity contribution in [3.05, 3.63) is 59.5 Å². The van der Waals surface area contributed by atoms with Gasteiger partial charge in [-0.1, -0.05) is 23.7 Å². The lowest BCUT2D eigenvalue weighted by atomic mass is 10.3. The Balaban J connectivity index is 1.59. The monoisotopic (exact) mass is 329 g/mol. The molecule has 1 saturated carbocycles. The number of hydrogen-bond acceptors (Lipinski definition) is 4. The topological polar surface area (TPSA) is 55.6 Å². The molecule has 0 spiro atoms. The maximum atomic E-state index is 13.8. The van der Waals surface area contributed by atoms with Crippen LogP contribution in [0, 0.1) is 5.82 Å². The van der Waals surface area contributed by atoms with Crippen molar-refractivity contribution in [3.8, 4) is 5.69 Å². The number of benzene rings is 1. The fraction of sp³-hybridized carbons (Fsp3) is 0.188. The van der Waals surface area contributed by atoms with Crippen molar-refractivity contribution in [2.45, 2.75) is 18.8 Å². The van der Waals surface area contributed by atoms with Gasteiger partial charge in [0, 0.05) is 12.0 Å². The molecule has 1 aliphatic carbocycles. The number of rotatable bonds is 4. The van der Waals surface area contributed by atoms with E-state index in [0.29, 0.717) is 28.3 Å². The first kappa shape index (κ1) is 14.1. The van der Waals surface area contributed by atoms with Crippen LogP contribution in [0.2, 0.25) is 5.15 Å². The van der Waals surface area contributed by atoms with Gasteiger partial charge < -0.3 is 5.32 Å². The van der Waals surface area contributed by atoms with E-state index in [1.807, 2.05) is 0 Å². The molecular weight excluding hydrogens is 317 g/mol. The van der Waals surface area contributed by atoms with E-state index in [1.54, 1.807) is 36.7 Å². The van der Waals surface area contributed by atoms with Crippen molar-refractivity contribution in [2.75, 3.05) is 5.32 Å². The van der Waals surface area contributed by atoms with Crippen LogP contribution in [0.4, 0.5) is 15.9 Å². The summed E-state index contributed by atoms with van der Waals surface area (Å²) < 4.78 is 15.3. The molecule has 0 amide bonds. The van der Waals surface area contributed by atoms with E-state index in [2.05, 4.69) is 20.4 Å². The van der Waals surface area contributed by atoms with Gasteiger partial charge in [-0.3, -0.25) is 0 Å². The summed E-state index contributed by atoms with van der Waals surface area (Å²) in [5, 5.41) is 7.72. The summed E-state index contributed by atoms with van der Waals surface area (Å²) >= 11 is 6.05. The smallest absolute Gasteiger partial charge is 0.148 e. The van der Waals surface area contributed by atoms with Crippen LogP contribution < -0.4 is 5.32 Å². The molecule has 1 aromatic carbocycles. The Bertz CT molecular complexity index is 859. The van der Waals surface area contributed by atoms with Crippen molar-refractivity contribution < 1.29 is 4.39 Å². The fourth-order valence-corrected chi connectivity index (χ4v) is 2.52. The zero-order chi connectivity index (χ0) is 15.8. The van der Waals surface area contributed by atoms with E-state index in [1.165, 1.54) is 10.7 Å². The van der Waals surface area contributed by atoms with Crippen molar-refractivity contribution in [1.29, 1.82) is 0 Å². The van der Waals surface area contributed by atoms with Gasteiger partial charge in [-0.15, -0.1) is 0 Å². The molecule has 116 valence electrons. The second kappa shape index (κ2) is 5.62. The van der Waals surface area contributed by atoms with Gasteiger partial charge in [-0.25, -0.2) is 19.0 Å². The lowest BCUT2D eigenvalue weighted by Crippen LogP contribution is -1.99. The summed E-state index contributed by atoms with van der Waals surface area (Å²) in [6.45, 7) is 0. The van der Waals surface area contributed by atoms with Gasteiger partial charge in [-0.2, -0.15) is 5.10 Å². The maximum absolute atomic E-state index is 13.8. The van der Waals surface area contributed by atoms with Crippen molar-refractivity contribution in [2.24, 2.45) is 0 Å². The van der Waals surface area contributed by atoms with E-state index in [9.17, 15) is 4.39 Å². The number of aromatic nitrogens is 4. The quantitative estimate of drug-likeness (QED) is 0.733. The normalized spacial score (nSPS) is 14.0. The van der Waals surface area contributed by atoms with Gasteiger partial charge >= 0.3 is 0 Å². The van der Waals surface area contributed by atoms with Crippen LogP contribution in [-0.4, -0.2) is 19.7 Å². The van der Waals surface area contributed by atoms with Gasteiger partial charge in [0.1, 0.15) is 28.3 Å². The molecule has 0 atom stereocenters. The zero-order valence-electron chi connectivity index (χ0n) is 12.1. The van der Waals surface area contributed by atoms with Crippen molar-refractivity contribution in [3.63, 3.8) is 0 Å². The van der Waals surface area contributed by atoms with Crippen LogP contribution in [0.25, 0.3) is 5.69 Å². The van der Waals surface area contributed by atoms with Crippen molar-refractivity contribution in [1.82, 2.24) is 19.7 Å². The molecule has 7 heteroatoms. The van der Waals surface area contributed by atoms with Gasteiger partial charge in [0.2, 0.25) is 0 Å². The minimum Gasteiger partial charge on any atom is -0.338 e. The third kappa shape index (κ3) is 3.03. The van der Waals surface area contributed by atoms with Crippen molar-refractivity contribution >= 4 is 23.1 Å². The standard InChI is InChI=1S/C16H13ClFN5/c17-14-7-15(22-16(21-14)10-5-6-10)20-11-8-19-23(9-11)13-4-2-1-3-12(13)18/h1-4,7-10H,5-6H2,(H,20,21,22). The first-order valence-corrected chi connectivity index (χ1v) is 7.68. The number of nitrogens with zero attached hydrogens (tertiary/aromatic N) is 4. The third-order valence-corrected chi connectivity index (χ3v) is 3.80. The van der Waals surface area contributed by atoms with E-state index in [4.69, 9.17) is 11.6 Å². The minimum atomic E-state index is -0.330. The molecule has 2 heterocycles. The molecule has 5 nitrogen and oxygen atoms in total. The summed E-state index contributed by atoms with van der Waals surface area (Å²) in [5.74, 6) is 1.46. The molecule has 2 aromatic heterocycles. The van der Waals surface area contributed by atoms with Gasteiger partial charge in [-0.05, 0) is 25.0 Å². The molecular formula is C16H13ClFN5. The Hall–Kier alpha value is -2.47. The SMILES string of the molecule is Fc1ccccc1-n1cc(Nc2cc(Cl)nc(C3CC3)n2)cn1. The summed E-state index contributed by atoms with van der Waals surface area (Å²) in [7, 11) is 0. The summed E-state index contributed by atoms with van der Waals surface area (Å²) in [6.07, 6.45) is 5.51. The molecule has 1 fully saturated rings.